The minimum absolute atomic E-state index is 0.230. The molecule has 0 aliphatic rings. The van der Waals surface area contributed by atoms with E-state index in [0.29, 0.717) is 0 Å². The average molecular weight is 671 g/mol. The molecular weight excluding hydrogens is 633 g/mol. The number of nitrogens with zero attached hydrogens (tertiary/aromatic N) is 2. The maximum Gasteiger partial charge on any atom is 0.149 e. The van der Waals surface area contributed by atoms with E-state index < -0.39 is 0 Å². The van der Waals surface area contributed by atoms with Gasteiger partial charge in [0, 0.05) is 10.8 Å². The molecule has 0 unspecified atom stereocenters. The number of furan rings is 1. The largest absolute Gasteiger partial charge is 0.455 e. The highest BCUT2D eigenvalue weighted by molar-refractivity contribution is 6.27. The van der Waals surface area contributed by atoms with Crippen LogP contribution in [0.5, 0.6) is 0 Å². The predicted octanol–water partition coefficient (Wildman–Crippen LogP) is 14.0. The molecule has 10 aromatic rings. The van der Waals surface area contributed by atoms with Gasteiger partial charge in [0.1, 0.15) is 17.0 Å². The standard InChI is InChI=1S/C49H38N2O/c1-29(2)40-28-41-35-19-9-8-17-33(35)34-18-10-11-20-37(34)46(41)45(30(3)4)47(40)51-43-24-13-12-23-42(43)50-49(51)39-22-14-21-38-36-26-25-32(27-44(36)52-48(38)39)31-15-6-5-7-16-31/h5-30H,1-4H3. The van der Waals surface area contributed by atoms with Crippen molar-refractivity contribution in [1.29, 1.82) is 0 Å². The molecule has 0 saturated heterocycles. The van der Waals surface area contributed by atoms with E-state index in [0.717, 1.165) is 49.9 Å². The monoisotopic (exact) mass is 670 g/mol. The van der Waals surface area contributed by atoms with Crippen LogP contribution >= 0.6 is 0 Å². The summed E-state index contributed by atoms with van der Waals surface area (Å²) in [5.74, 6) is 1.38. The van der Waals surface area contributed by atoms with E-state index in [4.69, 9.17) is 9.40 Å². The van der Waals surface area contributed by atoms with E-state index >= 15 is 0 Å². The highest BCUT2D eigenvalue weighted by atomic mass is 16.3. The van der Waals surface area contributed by atoms with Crippen LogP contribution < -0.4 is 0 Å². The van der Waals surface area contributed by atoms with Crippen molar-refractivity contribution >= 4 is 65.3 Å². The van der Waals surface area contributed by atoms with E-state index in [9.17, 15) is 0 Å². The van der Waals surface area contributed by atoms with Crippen molar-refractivity contribution < 1.29 is 4.42 Å². The Morgan fingerprint density at radius 2 is 1.17 bits per heavy atom. The van der Waals surface area contributed by atoms with Crippen LogP contribution in [0.2, 0.25) is 0 Å². The van der Waals surface area contributed by atoms with Crippen molar-refractivity contribution in [2.24, 2.45) is 0 Å². The molecule has 0 spiro atoms. The summed E-state index contributed by atoms with van der Waals surface area (Å²) in [6, 6.07) is 52.4. The Kier molecular flexibility index (Phi) is 6.88. The SMILES string of the molecule is CC(C)c1cc2c3ccccc3c3ccccc3c2c(C(C)C)c1-n1c(-c2cccc3c2oc2cc(-c4ccccc4)ccc23)nc2ccccc21. The van der Waals surface area contributed by atoms with E-state index in [1.54, 1.807) is 0 Å². The zero-order valence-corrected chi connectivity index (χ0v) is 29.8. The van der Waals surface area contributed by atoms with Gasteiger partial charge in [0.2, 0.25) is 0 Å². The minimum Gasteiger partial charge on any atom is -0.455 e. The number of imidazole rings is 1. The average Bonchev–Trinajstić information content (AvgIpc) is 3.76. The van der Waals surface area contributed by atoms with Gasteiger partial charge < -0.3 is 4.42 Å². The number of para-hydroxylation sites is 3. The summed E-state index contributed by atoms with van der Waals surface area (Å²) in [6.45, 7) is 9.33. The van der Waals surface area contributed by atoms with Gasteiger partial charge in [0.25, 0.3) is 0 Å². The molecule has 10 rings (SSSR count). The third kappa shape index (κ3) is 4.48. The molecular formula is C49H38N2O. The summed E-state index contributed by atoms with van der Waals surface area (Å²) in [4.78, 5) is 5.44. The second-order valence-corrected chi connectivity index (χ2v) is 14.7. The third-order valence-electron chi connectivity index (χ3n) is 10.9. The molecule has 0 radical (unpaired) electrons. The Morgan fingerprint density at radius 3 is 1.92 bits per heavy atom. The molecule has 250 valence electrons. The van der Waals surface area contributed by atoms with Gasteiger partial charge in [-0.3, -0.25) is 4.57 Å². The normalized spacial score (nSPS) is 12.2. The van der Waals surface area contributed by atoms with Crippen LogP contribution in [0.15, 0.2) is 150 Å². The highest BCUT2D eigenvalue weighted by Crippen LogP contribution is 2.47. The summed E-state index contributed by atoms with van der Waals surface area (Å²) in [7, 11) is 0. The topological polar surface area (TPSA) is 31.0 Å². The van der Waals surface area contributed by atoms with Crippen molar-refractivity contribution in [3.63, 3.8) is 0 Å². The van der Waals surface area contributed by atoms with Crippen LogP contribution in [-0.4, -0.2) is 9.55 Å². The lowest BCUT2D eigenvalue weighted by Crippen LogP contribution is -2.10. The fourth-order valence-corrected chi connectivity index (χ4v) is 8.58. The maximum absolute atomic E-state index is 6.87. The molecule has 3 heteroatoms. The predicted molar refractivity (Wildman–Crippen MR) is 220 cm³/mol. The van der Waals surface area contributed by atoms with Crippen molar-refractivity contribution in [1.82, 2.24) is 9.55 Å². The molecule has 8 aromatic carbocycles. The van der Waals surface area contributed by atoms with E-state index in [1.165, 1.54) is 54.7 Å². The Bertz CT molecular complexity index is 3020. The zero-order chi connectivity index (χ0) is 35.1. The first-order valence-corrected chi connectivity index (χ1v) is 18.4. The Hall–Kier alpha value is -6.19. The molecule has 0 saturated carbocycles. The van der Waals surface area contributed by atoms with E-state index in [-0.39, 0.29) is 11.8 Å². The summed E-state index contributed by atoms with van der Waals surface area (Å²) >= 11 is 0. The van der Waals surface area contributed by atoms with Crippen LogP contribution in [0.1, 0.15) is 50.7 Å². The fraction of sp³-hybridized carbons (Fsp3) is 0.122. The van der Waals surface area contributed by atoms with Crippen LogP contribution in [0.3, 0.4) is 0 Å². The van der Waals surface area contributed by atoms with Gasteiger partial charge in [-0.2, -0.15) is 0 Å². The van der Waals surface area contributed by atoms with Crippen LogP contribution in [-0.2, 0) is 0 Å². The Morgan fingerprint density at radius 1 is 0.519 bits per heavy atom. The summed E-state index contributed by atoms with van der Waals surface area (Å²) in [5, 5.41) is 9.99. The second kappa shape index (κ2) is 11.7. The summed E-state index contributed by atoms with van der Waals surface area (Å²) in [6.07, 6.45) is 0. The van der Waals surface area contributed by atoms with Crippen LogP contribution in [0, 0.1) is 0 Å². The molecule has 0 atom stereocenters. The van der Waals surface area contributed by atoms with Gasteiger partial charge in [-0.1, -0.05) is 137 Å². The first kappa shape index (κ1) is 30.6. The number of fused-ring (bicyclic) bond motifs is 10. The van der Waals surface area contributed by atoms with Crippen LogP contribution in [0.25, 0.3) is 93.5 Å². The van der Waals surface area contributed by atoms with Crippen molar-refractivity contribution in [2.45, 2.75) is 39.5 Å². The van der Waals surface area contributed by atoms with Gasteiger partial charge in [-0.25, -0.2) is 4.98 Å². The molecule has 0 N–H and O–H groups in total. The number of hydrogen-bond donors (Lipinski definition) is 0. The Labute approximate surface area is 302 Å². The summed E-state index contributed by atoms with van der Waals surface area (Å²) < 4.78 is 9.31. The van der Waals surface area contributed by atoms with Crippen molar-refractivity contribution in [3.8, 4) is 28.2 Å². The molecule has 0 aliphatic carbocycles. The summed E-state index contributed by atoms with van der Waals surface area (Å²) in [5.41, 5.74) is 11.0. The van der Waals surface area contributed by atoms with Crippen LogP contribution in [0.4, 0.5) is 0 Å². The third-order valence-corrected chi connectivity index (χ3v) is 10.9. The quantitative estimate of drug-likeness (QED) is 0.171. The van der Waals surface area contributed by atoms with Gasteiger partial charge in [-0.05, 0) is 103 Å². The van der Waals surface area contributed by atoms with Gasteiger partial charge in [0.05, 0.1) is 22.3 Å². The molecule has 0 aliphatic heterocycles. The molecule has 3 nitrogen and oxygen atoms in total. The number of hydrogen-bond acceptors (Lipinski definition) is 2. The Balaban J connectivity index is 1.34. The number of aromatic nitrogens is 2. The molecule has 0 fully saturated rings. The minimum atomic E-state index is 0.230. The zero-order valence-electron chi connectivity index (χ0n) is 29.8. The molecule has 0 bridgehead atoms. The van der Waals surface area contributed by atoms with Crippen molar-refractivity contribution in [2.75, 3.05) is 0 Å². The van der Waals surface area contributed by atoms with Gasteiger partial charge >= 0.3 is 0 Å². The number of rotatable bonds is 5. The first-order valence-electron chi connectivity index (χ1n) is 18.4. The van der Waals surface area contributed by atoms with E-state index in [1.807, 2.05) is 0 Å². The lowest BCUT2D eigenvalue weighted by atomic mass is 9.83. The lowest BCUT2D eigenvalue weighted by Gasteiger charge is -2.26. The molecule has 2 aromatic heterocycles. The van der Waals surface area contributed by atoms with E-state index in [2.05, 4.69) is 178 Å². The van der Waals surface area contributed by atoms with Crippen molar-refractivity contribution in [3.05, 3.63) is 157 Å². The fourth-order valence-electron chi connectivity index (χ4n) is 8.58. The smallest absolute Gasteiger partial charge is 0.149 e. The highest BCUT2D eigenvalue weighted by Gasteiger charge is 2.27. The lowest BCUT2D eigenvalue weighted by molar-refractivity contribution is 0.669. The van der Waals surface area contributed by atoms with Gasteiger partial charge in [0.15, 0.2) is 0 Å². The van der Waals surface area contributed by atoms with Gasteiger partial charge in [-0.15, -0.1) is 0 Å². The molecule has 52 heavy (non-hydrogen) atoms. The maximum atomic E-state index is 6.87. The molecule has 2 heterocycles. The molecule has 0 amide bonds. The number of benzene rings is 8. The first-order chi connectivity index (χ1) is 25.5. The second-order valence-electron chi connectivity index (χ2n) is 14.7.